The Bertz CT molecular complexity index is 636. The molecule has 4 rings (SSSR count). The number of fused-ring (bicyclic) bond motifs is 3. The van der Waals surface area contributed by atoms with Crippen molar-refractivity contribution in [2.45, 2.75) is 18.3 Å². The molecule has 2 heterocycles. The van der Waals surface area contributed by atoms with Crippen molar-refractivity contribution >= 4 is 17.8 Å². The Kier molecular flexibility index (Phi) is 2.59. The molecule has 0 aromatic heterocycles. The number of benzene rings is 2. The van der Waals surface area contributed by atoms with Crippen LogP contribution < -0.4 is 0 Å². The van der Waals surface area contributed by atoms with Gasteiger partial charge in [-0.15, -0.1) is 0 Å². The van der Waals surface area contributed by atoms with Crippen molar-refractivity contribution in [3.05, 3.63) is 71.3 Å². The molecule has 0 saturated carbocycles. The first-order valence-electron chi connectivity index (χ1n) is 6.54. The first-order valence-corrected chi connectivity index (χ1v) is 7.38. The van der Waals surface area contributed by atoms with Crippen LogP contribution in [0.5, 0.6) is 0 Å². The van der Waals surface area contributed by atoms with Crippen LogP contribution >= 0.6 is 11.9 Å². The summed E-state index contributed by atoms with van der Waals surface area (Å²) in [6, 6.07) is 19.3. The summed E-state index contributed by atoms with van der Waals surface area (Å²) in [5, 5.41) is 0.435. The zero-order valence-electron chi connectivity index (χ0n) is 10.5. The van der Waals surface area contributed by atoms with Gasteiger partial charge in [0.25, 0.3) is 0 Å². The number of hydrogen-bond acceptors (Lipinski definition) is 3. The van der Waals surface area contributed by atoms with E-state index in [2.05, 4.69) is 63.9 Å². The lowest BCUT2D eigenvalue weighted by Gasteiger charge is -2.21. The average molecular weight is 266 g/mol. The van der Waals surface area contributed by atoms with Crippen LogP contribution in [0.15, 0.2) is 59.0 Å². The van der Waals surface area contributed by atoms with Gasteiger partial charge in [0.15, 0.2) is 0 Å². The Morgan fingerprint density at radius 3 is 2.74 bits per heavy atom. The Morgan fingerprint density at radius 1 is 1.05 bits per heavy atom. The van der Waals surface area contributed by atoms with E-state index in [-0.39, 0.29) is 0 Å². The zero-order valence-corrected chi connectivity index (χ0v) is 11.3. The van der Waals surface area contributed by atoms with Gasteiger partial charge < -0.3 is 4.90 Å². The molecule has 0 bridgehead atoms. The van der Waals surface area contributed by atoms with Crippen molar-refractivity contribution in [2.24, 2.45) is 4.40 Å². The number of amidine groups is 1. The van der Waals surface area contributed by atoms with Gasteiger partial charge in [0, 0.05) is 30.5 Å². The molecule has 0 aliphatic carbocycles. The van der Waals surface area contributed by atoms with Gasteiger partial charge in [-0.25, -0.2) is 0 Å². The molecular formula is C16H14N2S. The molecule has 0 radical (unpaired) electrons. The van der Waals surface area contributed by atoms with Crippen LogP contribution in [-0.2, 0) is 13.0 Å². The number of rotatable bonds is 2. The standard InChI is InChI=1S/C16H14N2S/c1-2-6-12(7-3-1)10-15-18-11-13-8-4-5-9-14(13)16(18)17-19-15/h1-9,15H,10-11H2. The summed E-state index contributed by atoms with van der Waals surface area (Å²) in [7, 11) is 0. The summed E-state index contributed by atoms with van der Waals surface area (Å²) in [6.07, 6.45) is 1.05. The van der Waals surface area contributed by atoms with E-state index in [1.54, 1.807) is 11.9 Å². The molecule has 1 unspecified atom stereocenters. The molecular weight excluding hydrogens is 252 g/mol. The van der Waals surface area contributed by atoms with Gasteiger partial charge in [0.05, 0.1) is 0 Å². The van der Waals surface area contributed by atoms with Gasteiger partial charge >= 0.3 is 0 Å². The van der Waals surface area contributed by atoms with Gasteiger partial charge in [-0.05, 0) is 11.1 Å². The topological polar surface area (TPSA) is 15.6 Å². The highest BCUT2D eigenvalue weighted by Crippen LogP contribution is 2.37. The van der Waals surface area contributed by atoms with Crippen molar-refractivity contribution in [1.29, 1.82) is 0 Å². The van der Waals surface area contributed by atoms with Gasteiger partial charge in [0.2, 0.25) is 0 Å². The Balaban J connectivity index is 1.59. The minimum atomic E-state index is 0.435. The minimum Gasteiger partial charge on any atom is -0.337 e. The Hall–Kier alpha value is -1.74. The second-order valence-electron chi connectivity index (χ2n) is 4.95. The molecule has 0 fully saturated rings. The van der Waals surface area contributed by atoms with E-state index in [1.165, 1.54) is 22.5 Å². The summed E-state index contributed by atoms with van der Waals surface area (Å²) in [6.45, 7) is 1.000. The van der Waals surface area contributed by atoms with Crippen LogP contribution in [0.3, 0.4) is 0 Å². The number of nitrogens with zero attached hydrogens (tertiary/aromatic N) is 2. The lowest BCUT2D eigenvalue weighted by Crippen LogP contribution is -2.30. The Labute approximate surface area is 117 Å². The number of hydrogen-bond donors (Lipinski definition) is 0. The van der Waals surface area contributed by atoms with Crippen molar-refractivity contribution in [2.75, 3.05) is 0 Å². The first-order chi connectivity index (χ1) is 9.42. The van der Waals surface area contributed by atoms with Crippen molar-refractivity contribution in [1.82, 2.24) is 4.90 Å². The summed E-state index contributed by atoms with van der Waals surface area (Å²) in [5.74, 6) is 1.17. The van der Waals surface area contributed by atoms with Crippen LogP contribution in [0.4, 0.5) is 0 Å². The van der Waals surface area contributed by atoms with Crippen molar-refractivity contribution in [3.63, 3.8) is 0 Å². The van der Waals surface area contributed by atoms with Crippen LogP contribution in [0.2, 0.25) is 0 Å². The van der Waals surface area contributed by atoms with Crippen molar-refractivity contribution < 1.29 is 0 Å². The third-order valence-electron chi connectivity index (χ3n) is 3.73. The second-order valence-corrected chi connectivity index (χ2v) is 5.89. The molecule has 2 aromatic carbocycles. The highest BCUT2D eigenvalue weighted by Gasteiger charge is 2.35. The smallest absolute Gasteiger partial charge is 0.145 e. The van der Waals surface area contributed by atoms with E-state index in [0.29, 0.717) is 5.37 Å². The summed E-state index contributed by atoms with van der Waals surface area (Å²) in [5.41, 5.74) is 4.09. The van der Waals surface area contributed by atoms with E-state index < -0.39 is 0 Å². The highest BCUT2D eigenvalue weighted by atomic mass is 32.2. The third kappa shape index (κ3) is 1.85. The highest BCUT2D eigenvalue weighted by molar-refractivity contribution is 7.99. The van der Waals surface area contributed by atoms with Crippen LogP contribution in [0.1, 0.15) is 16.7 Å². The molecule has 2 aliphatic rings. The molecule has 2 nitrogen and oxygen atoms in total. The normalized spacial score (nSPS) is 20.1. The monoisotopic (exact) mass is 266 g/mol. The molecule has 0 saturated heterocycles. The fourth-order valence-electron chi connectivity index (χ4n) is 2.76. The van der Waals surface area contributed by atoms with E-state index in [0.717, 1.165) is 13.0 Å². The van der Waals surface area contributed by atoms with E-state index in [9.17, 15) is 0 Å². The molecule has 94 valence electrons. The Morgan fingerprint density at radius 2 is 1.84 bits per heavy atom. The largest absolute Gasteiger partial charge is 0.337 e. The fourth-order valence-corrected chi connectivity index (χ4v) is 3.74. The van der Waals surface area contributed by atoms with E-state index >= 15 is 0 Å². The molecule has 3 heteroatoms. The maximum Gasteiger partial charge on any atom is 0.145 e. The molecule has 19 heavy (non-hydrogen) atoms. The van der Waals surface area contributed by atoms with E-state index in [4.69, 9.17) is 0 Å². The fraction of sp³-hybridized carbons (Fsp3) is 0.188. The predicted octanol–water partition coefficient (Wildman–Crippen LogP) is 3.48. The summed E-state index contributed by atoms with van der Waals surface area (Å²) in [4.78, 5) is 2.43. The summed E-state index contributed by atoms with van der Waals surface area (Å²) < 4.78 is 4.68. The summed E-state index contributed by atoms with van der Waals surface area (Å²) >= 11 is 1.71. The first kappa shape index (κ1) is 11.1. The van der Waals surface area contributed by atoms with Crippen LogP contribution in [0.25, 0.3) is 0 Å². The SMILES string of the molecule is c1ccc(CC2SN=C3c4ccccc4CN32)cc1. The minimum absolute atomic E-state index is 0.435. The molecule has 1 atom stereocenters. The molecule has 0 amide bonds. The maximum absolute atomic E-state index is 4.68. The lowest BCUT2D eigenvalue weighted by molar-refractivity contribution is 0.411. The molecule has 2 aromatic rings. The molecule has 2 aliphatic heterocycles. The van der Waals surface area contributed by atoms with Gasteiger partial charge in [-0.3, -0.25) is 0 Å². The molecule has 0 N–H and O–H groups in total. The molecule has 0 spiro atoms. The van der Waals surface area contributed by atoms with Gasteiger partial charge in [-0.1, -0.05) is 54.6 Å². The van der Waals surface area contributed by atoms with E-state index in [1.807, 2.05) is 0 Å². The maximum atomic E-state index is 4.68. The lowest BCUT2D eigenvalue weighted by atomic mass is 10.1. The average Bonchev–Trinajstić information content (AvgIpc) is 3.00. The predicted molar refractivity (Wildman–Crippen MR) is 80.0 cm³/mol. The van der Waals surface area contributed by atoms with Crippen LogP contribution in [0, 0.1) is 0 Å². The van der Waals surface area contributed by atoms with Gasteiger partial charge in [-0.2, -0.15) is 4.40 Å². The van der Waals surface area contributed by atoms with Gasteiger partial charge in [0.1, 0.15) is 11.2 Å². The third-order valence-corrected chi connectivity index (χ3v) is 4.68. The zero-order chi connectivity index (χ0) is 12.7. The van der Waals surface area contributed by atoms with Crippen LogP contribution in [-0.4, -0.2) is 16.1 Å². The quantitative estimate of drug-likeness (QED) is 0.773. The second kappa shape index (κ2) is 4.42. The van der Waals surface area contributed by atoms with Crippen molar-refractivity contribution in [3.8, 4) is 0 Å².